The van der Waals surface area contributed by atoms with E-state index in [1.807, 2.05) is 0 Å². The minimum Gasteiger partial charge on any atom is -0.457 e. The predicted molar refractivity (Wildman–Crippen MR) is 72.7 cm³/mol. The molecule has 0 aliphatic carbocycles. The fourth-order valence-electron chi connectivity index (χ4n) is 1.41. The number of anilines is 1. The van der Waals surface area contributed by atoms with E-state index in [1.165, 1.54) is 0 Å². The van der Waals surface area contributed by atoms with Gasteiger partial charge in [-0.3, -0.25) is 4.79 Å². The maximum absolute atomic E-state index is 10.3. The van der Waals surface area contributed by atoms with Crippen molar-refractivity contribution in [2.45, 2.75) is 0 Å². The molecule has 1 N–H and O–H groups in total. The second-order valence-corrected chi connectivity index (χ2v) is 4.37. The smallest absolute Gasteiger partial charge is 0.211 e. The Hall–Kier alpha value is -1.71. The molecule has 0 unspecified atom stereocenters. The van der Waals surface area contributed by atoms with Crippen molar-refractivity contribution >= 4 is 35.3 Å². The predicted octanol–water partition coefficient (Wildman–Crippen LogP) is 4.35. The molecule has 0 atom stereocenters. The lowest BCUT2D eigenvalue weighted by molar-refractivity contribution is -0.105. The number of benzene rings is 2. The highest BCUT2D eigenvalue weighted by molar-refractivity contribution is 6.34. The minimum absolute atomic E-state index is 0.511. The molecule has 0 spiro atoms. The van der Waals surface area contributed by atoms with Crippen molar-refractivity contribution in [3.05, 3.63) is 52.5 Å². The van der Waals surface area contributed by atoms with Gasteiger partial charge >= 0.3 is 0 Å². The topological polar surface area (TPSA) is 38.3 Å². The molecule has 2 rings (SSSR count). The summed E-state index contributed by atoms with van der Waals surface area (Å²) in [5.74, 6) is 1.19. The zero-order valence-corrected chi connectivity index (χ0v) is 10.7. The Kier molecular flexibility index (Phi) is 4.07. The van der Waals surface area contributed by atoms with Gasteiger partial charge in [-0.15, -0.1) is 0 Å². The van der Waals surface area contributed by atoms with Crippen molar-refractivity contribution in [2.24, 2.45) is 0 Å². The fourth-order valence-corrected chi connectivity index (χ4v) is 1.92. The van der Waals surface area contributed by atoms with Gasteiger partial charge in [0.2, 0.25) is 6.41 Å². The Morgan fingerprint density at radius 1 is 0.944 bits per heavy atom. The van der Waals surface area contributed by atoms with E-state index in [4.69, 9.17) is 27.9 Å². The standard InChI is InChI=1S/C13H9Cl2NO2/c14-9-5-10(15)7-13(6-9)18-12-3-1-11(2-4-12)16-8-17/h1-8H,(H,16,17). The van der Waals surface area contributed by atoms with E-state index in [1.54, 1.807) is 42.5 Å². The Morgan fingerprint density at radius 2 is 1.56 bits per heavy atom. The fraction of sp³-hybridized carbons (Fsp3) is 0. The molecular formula is C13H9Cl2NO2. The SMILES string of the molecule is O=CNc1ccc(Oc2cc(Cl)cc(Cl)c2)cc1. The molecule has 0 aliphatic heterocycles. The molecule has 0 saturated heterocycles. The van der Waals surface area contributed by atoms with Crippen LogP contribution in [0.3, 0.4) is 0 Å². The summed E-state index contributed by atoms with van der Waals surface area (Å²) in [6.45, 7) is 0. The van der Waals surface area contributed by atoms with E-state index in [9.17, 15) is 4.79 Å². The van der Waals surface area contributed by atoms with E-state index in [0.717, 1.165) is 0 Å². The summed E-state index contributed by atoms with van der Waals surface area (Å²) in [5, 5.41) is 3.56. The molecule has 1 amide bonds. The second kappa shape index (κ2) is 5.76. The van der Waals surface area contributed by atoms with Gasteiger partial charge in [-0.05, 0) is 42.5 Å². The van der Waals surface area contributed by atoms with E-state index < -0.39 is 0 Å². The Labute approximate surface area is 114 Å². The summed E-state index contributed by atoms with van der Waals surface area (Å²) in [6.07, 6.45) is 0.618. The number of rotatable bonds is 4. The first-order valence-electron chi connectivity index (χ1n) is 5.11. The normalized spacial score (nSPS) is 9.89. The molecule has 0 fully saturated rings. The molecule has 3 nitrogen and oxygen atoms in total. The summed E-state index contributed by atoms with van der Waals surface area (Å²) in [4.78, 5) is 10.3. The van der Waals surface area contributed by atoms with Gasteiger partial charge in [-0.2, -0.15) is 0 Å². The second-order valence-electron chi connectivity index (χ2n) is 3.49. The third-order valence-corrected chi connectivity index (χ3v) is 2.59. The molecular weight excluding hydrogens is 273 g/mol. The number of hydrogen-bond acceptors (Lipinski definition) is 2. The number of carbonyl (C=O) groups excluding carboxylic acids is 1. The van der Waals surface area contributed by atoms with Gasteiger partial charge in [0.15, 0.2) is 0 Å². The summed E-state index contributed by atoms with van der Waals surface area (Å²) in [6, 6.07) is 11.9. The van der Waals surface area contributed by atoms with Crippen LogP contribution in [0.15, 0.2) is 42.5 Å². The van der Waals surface area contributed by atoms with E-state index in [0.29, 0.717) is 33.6 Å². The average molecular weight is 282 g/mol. The van der Waals surface area contributed by atoms with Crippen molar-refractivity contribution in [3.8, 4) is 11.5 Å². The number of carbonyl (C=O) groups is 1. The summed E-state index contributed by atoms with van der Waals surface area (Å²) in [7, 11) is 0. The monoisotopic (exact) mass is 281 g/mol. The van der Waals surface area contributed by atoms with Crippen molar-refractivity contribution in [3.63, 3.8) is 0 Å². The molecule has 18 heavy (non-hydrogen) atoms. The molecule has 2 aromatic carbocycles. The Morgan fingerprint density at radius 3 is 2.11 bits per heavy atom. The minimum atomic E-state index is 0.511. The van der Waals surface area contributed by atoms with E-state index in [2.05, 4.69) is 5.32 Å². The van der Waals surface area contributed by atoms with Crippen LogP contribution in [0.1, 0.15) is 0 Å². The number of ether oxygens (including phenoxy) is 1. The molecule has 0 bridgehead atoms. The number of halogens is 2. The zero-order chi connectivity index (χ0) is 13.0. The zero-order valence-electron chi connectivity index (χ0n) is 9.19. The van der Waals surface area contributed by atoms with Crippen LogP contribution in [0, 0.1) is 0 Å². The van der Waals surface area contributed by atoms with Crippen molar-refractivity contribution < 1.29 is 9.53 Å². The highest BCUT2D eigenvalue weighted by Gasteiger charge is 2.01. The molecule has 0 saturated carbocycles. The van der Waals surface area contributed by atoms with Crippen LogP contribution in [-0.4, -0.2) is 6.41 Å². The van der Waals surface area contributed by atoms with E-state index >= 15 is 0 Å². The van der Waals surface area contributed by atoms with Crippen molar-refractivity contribution in [1.82, 2.24) is 0 Å². The van der Waals surface area contributed by atoms with Gasteiger partial charge in [-0.25, -0.2) is 0 Å². The number of amides is 1. The first kappa shape index (κ1) is 12.7. The number of hydrogen-bond donors (Lipinski definition) is 1. The maximum atomic E-state index is 10.3. The largest absolute Gasteiger partial charge is 0.457 e. The Bertz CT molecular complexity index is 535. The van der Waals surface area contributed by atoms with Gasteiger partial charge in [0.25, 0.3) is 0 Å². The van der Waals surface area contributed by atoms with Gasteiger partial charge in [0.05, 0.1) is 0 Å². The van der Waals surface area contributed by atoms with Crippen LogP contribution in [0.2, 0.25) is 10.0 Å². The molecule has 0 aliphatic rings. The quantitative estimate of drug-likeness (QED) is 0.846. The highest BCUT2D eigenvalue weighted by atomic mass is 35.5. The molecule has 0 heterocycles. The molecule has 0 aromatic heterocycles. The van der Waals surface area contributed by atoms with E-state index in [-0.39, 0.29) is 0 Å². The van der Waals surface area contributed by atoms with Crippen LogP contribution in [0.5, 0.6) is 11.5 Å². The van der Waals surface area contributed by atoms with Crippen LogP contribution >= 0.6 is 23.2 Å². The van der Waals surface area contributed by atoms with Gasteiger partial charge in [0.1, 0.15) is 11.5 Å². The summed E-state index contributed by atoms with van der Waals surface area (Å²) >= 11 is 11.7. The first-order valence-corrected chi connectivity index (χ1v) is 5.87. The number of nitrogens with one attached hydrogen (secondary N) is 1. The Balaban J connectivity index is 2.15. The summed E-state index contributed by atoms with van der Waals surface area (Å²) in [5.41, 5.74) is 0.696. The molecule has 92 valence electrons. The molecule has 0 radical (unpaired) electrons. The molecule has 2 aromatic rings. The van der Waals surface area contributed by atoms with Crippen molar-refractivity contribution in [2.75, 3.05) is 5.32 Å². The maximum Gasteiger partial charge on any atom is 0.211 e. The average Bonchev–Trinajstić information content (AvgIpc) is 2.31. The lowest BCUT2D eigenvalue weighted by Crippen LogP contribution is -1.93. The third kappa shape index (κ3) is 3.39. The summed E-state index contributed by atoms with van der Waals surface area (Å²) < 4.78 is 5.59. The van der Waals surface area contributed by atoms with Crippen molar-refractivity contribution in [1.29, 1.82) is 0 Å². The van der Waals surface area contributed by atoms with Gasteiger partial charge in [-0.1, -0.05) is 23.2 Å². The van der Waals surface area contributed by atoms with Crippen LogP contribution in [0.4, 0.5) is 5.69 Å². The van der Waals surface area contributed by atoms with Crippen LogP contribution in [0.25, 0.3) is 0 Å². The molecule has 5 heteroatoms. The van der Waals surface area contributed by atoms with Gasteiger partial charge < -0.3 is 10.1 Å². The lowest BCUT2D eigenvalue weighted by atomic mass is 10.3. The van der Waals surface area contributed by atoms with Crippen LogP contribution < -0.4 is 10.1 Å². The third-order valence-electron chi connectivity index (χ3n) is 2.15. The first-order chi connectivity index (χ1) is 8.67. The van der Waals surface area contributed by atoms with Crippen LogP contribution in [-0.2, 0) is 4.79 Å². The highest BCUT2D eigenvalue weighted by Crippen LogP contribution is 2.28. The van der Waals surface area contributed by atoms with Gasteiger partial charge in [0, 0.05) is 15.7 Å². The lowest BCUT2D eigenvalue weighted by Gasteiger charge is -2.07.